The summed E-state index contributed by atoms with van der Waals surface area (Å²) in [5.74, 6) is -1.16. The SMILES string of the molecule is CC[C@H](C)NC(=O)[C@@H](C)N(Cc1ccccc1)C(=O)CN(c1cccc(C(F)(F)F)c1)S(C)(=O)=O. The average molecular weight is 514 g/mol. The van der Waals surface area contributed by atoms with E-state index < -0.39 is 46.2 Å². The zero-order valence-corrected chi connectivity index (χ0v) is 20.9. The normalized spacial score (nSPS) is 13.6. The van der Waals surface area contributed by atoms with Crippen LogP contribution in [0.15, 0.2) is 54.6 Å². The summed E-state index contributed by atoms with van der Waals surface area (Å²) in [6.07, 6.45) is -3.21. The summed E-state index contributed by atoms with van der Waals surface area (Å²) in [7, 11) is -4.13. The number of rotatable bonds is 10. The molecule has 2 aromatic carbocycles. The van der Waals surface area contributed by atoms with Crippen molar-refractivity contribution in [2.45, 2.75) is 52.0 Å². The lowest BCUT2D eigenvalue weighted by molar-refractivity contribution is -0.139. The highest BCUT2D eigenvalue weighted by atomic mass is 32.2. The summed E-state index contributed by atoms with van der Waals surface area (Å²) in [6.45, 7) is 4.46. The molecule has 192 valence electrons. The number of benzene rings is 2. The Hall–Kier alpha value is -3.08. The summed E-state index contributed by atoms with van der Waals surface area (Å²) >= 11 is 0. The molecule has 0 radical (unpaired) electrons. The van der Waals surface area contributed by atoms with E-state index in [4.69, 9.17) is 0 Å². The molecule has 0 fully saturated rings. The van der Waals surface area contributed by atoms with Crippen molar-refractivity contribution < 1.29 is 31.2 Å². The van der Waals surface area contributed by atoms with Crippen molar-refractivity contribution in [3.05, 3.63) is 65.7 Å². The first-order valence-electron chi connectivity index (χ1n) is 11.0. The number of nitrogens with zero attached hydrogens (tertiary/aromatic N) is 2. The predicted molar refractivity (Wildman–Crippen MR) is 128 cm³/mol. The molecule has 0 aliphatic heterocycles. The Kier molecular flexibility index (Phi) is 9.31. The second kappa shape index (κ2) is 11.6. The Labute approximate surface area is 204 Å². The van der Waals surface area contributed by atoms with Gasteiger partial charge in [0, 0.05) is 12.6 Å². The first-order valence-corrected chi connectivity index (χ1v) is 12.9. The number of hydrogen-bond acceptors (Lipinski definition) is 4. The highest BCUT2D eigenvalue weighted by Gasteiger charge is 2.33. The fraction of sp³-hybridized carbons (Fsp3) is 0.417. The molecule has 2 aromatic rings. The topological polar surface area (TPSA) is 86.8 Å². The summed E-state index contributed by atoms with van der Waals surface area (Å²) in [6, 6.07) is 11.4. The van der Waals surface area contributed by atoms with Crippen LogP contribution in [-0.4, -0.2) is 50.0 Å². The Morgan fingerprint density at radius 3 is 2.20 bits per heavy atom. The van der Waals surface area contributed by atoms with Crippen molar-refractivity contribution in [3.63, 3.8) is 0 Å². The largest absolute Gasteiger partial charge is 0.416 e. The van der Waals surface area contributed by atoms with Gasteiger partial charge in [0.1, 0.15) is 12.6 Å². The molecular formula is C24H30F3N3O4S. The standard InChI is InChI=1S/C24H30F3N3O4S/c1-5-17(2)28-23(32)18(3)29(15-19-10-7-6-8-11-19)22(31)16-30(35(4,33)34)21-13-9-12-20(14-21)24(25,26)27/h6-14,17-18H,5,15-16H2,1-4H3,(H,28,32)/t17-,18+/m0/s1. The third-order valence-electron chi connectivity index (χ3n) is 5.50. The van der Waals surface area contributed by atoms with E-state index in [1.54, 1.807) is 30.3 Å². The van der Waals surface area contributed by atoms with Gasteiger partial charge < -0.3 is 10.2 Å². The van der Waals surface area contributed by atoms with Gasteiger partial charge in [0.25, 0.3) is 0 Å². The highest BCUT2D eigenvalue weighted by molar-refractivity contribution is 7.92. The molecule has 0 bridgehead atoms. The molecule has 0 aliphatic carbocycles. The maximum Gasteiger partial charge on any atom is 0.416 e. The van der Waals surface area contributed by atoms with E-state index in [1.165, 1.54) is 17.9 Å². The summed E-state index contributed by atoms with van der Waals surface area (Å²) in [5.41, 5.74) is -0.639. The van der Waals surface area contributed by atoms with Crippen LogP contribution in [0.1, 0.15) is 38.3 Å². The van der Waals surface area contributed by atoms with Crippen molar-refractivity contribution in [1.29, 1.82) is 0 Å². The number of nitrogens with one attached hydrogen (secondary N) is 1. The van der Waals surface area contributed by atoms with E-state index in [0.29, 0.717) is 22.4 Å². The van der Waals surface area contributed by atoms with Crippen LogP contribution in [-0.2, 0) is 32.3 Å². The van der Waals surface area contributed by atoms with Crippen LogP contribution in [0.25, 0.3) is 0 Å². The van der Waals surface area contributed by atoms with Crippen molar-refractivity contribution >= 4 is 27.5 Å². The fourth-order valence-corrected chi connectivity index (χ4v) is 4.12. The number of carbonyl (C=O) groups excluding carboxylic acids is 2. The van der Waals surface area contributed by atoms with Crippen LogP contribution in [0.2, 0.25) is 0 Å². The van der Waals surface area contributed by atoms with Gasteiger partial charge in [-0.05, 0) is 44.0 Å². The number of hydrogen-bond donors (Lipinski definition) is 1. The zero-order chi connectivity index (χ0) is 26.4. The second-order valence-electron chi connectivity index (χ2n) is 8.32. The number of anilines is 1. The minimum atomic E-state index is -4.69. The Morgan fingerprint density at radius 1 is 1.03 bits per heavy atom. The average Bonchev–Trinajstić information content (AvgIpc) is 2.79. The molecular weight excluding hydrogens is 483 g/mol. The lowest BCUT2D eigenvalue weighted by Gasteiger charge is -2.32. The van der Waals surface area contributed by atoms with Crippen LogP contribution in [0.5, 0.6) is 0 Å². The van der Waals surface area contributed by atoms with Gasteiger partial charge in [-0.3, -0.25) is 13.9 Å². The van der Waals surface area contributed by atoms with Gasteiger partial charge in [-0.25, -0.2) is 8.42 Å². The van der Waals surface area contributed by atoms with E-state index in [0.717, 1.165) is 18.4 Å². The lowest BCUT2D eigenvalue weighted by atomic mass is 10.1. The smallest absolute Gasteiger partial charge is 0.352 e. The summed E-state index contributed by atoms with van der Waals surface area (Å²) in [4.78, 5) is 27.4. The molecule has 2 amide bonds. The number of halogens is 3. The molecule has 0 heterocycles. The van der Waals surface area contributed by atoms with Crippen LogP contribution in [0, 0.1) is 0 Å². The van der Waals surface area contributed by atoms with Crippen LogP contribution in [0.4, 0.5) is 18.9 Å². The summed E-state index contributed by atoms with van der Waals surface area (Å²) < 4.78 is 65.2. The predicted octanol–water partition coefficient (Wildman–Crippen LogP) is 3.80. The van der Waals surface area contributed by atoms with Gasteiger partial charge in [0.05, 0.1) is 17.5 Å². The van der Waals surface area contributed by atoms with Crippen LogP contribution < -0.4 is 9.62 Å². The van der Waals surface area contributed by atoms with E-state index in [1.807, 2.05) is 13.8 Å². The highest BCUT2D eigenvalue weighted by Crippen LogP contribution is 2.32. The molecule has 1 N–H and O–H groups in total. The van der Waals surface area contributed by atoms with Crippen molar-refractivity contribution in [3.8, 4) is 0 Å². The third kappa shape index (κ3) is 7.98. The molecule has 2 rings (SSSR count). The maximum atomic E-state index is 13.4. The van der Waals surface area contributed by atoms with Gasteiger partial charge in [-0.15, -0.1) is 0 Å². The molecule has 0 saturated heterocycles. The molecule has 35 heavy (non-hydrogen) atoms. The van der Waals surface area contributed by atoms with E-state index in [2.05, 4.69) is 5.32 Å². The number of alkyl halides is 3. The molecule has 0 saturated carbocycles. The fourth-order valence-electron chi connectivity index (χ4n) is 3.28. The van der Waals surface area contributed by atoms with Crippen molar-refractivity contribution in [1.82, 2.24) is 10.2 Å². The van der Waals surface area contributed by atoms with E-state index in [-0.39, 0.29) is 18.3 Å². The first-order chi connectivity index (χ1) is 16.2. The molecule has 0 aromatic heterocycles. The van der Waals surface area contributed by atoms with Gasteiger partial charge in [-0.1, -0.05) is 43.3 Å². The Balaban J connectivity index is 2.41. The lowest BCUT2D eigenvalue weighted by Crippen LogP contribution is -2.52. The van der Waals surface area contributed by atoms with Gasteiger partial charge >= 0.3 is 6.18 Å². The Morgan fingerprint density at radius 2 is 1.66 bits per heavy atom. The second-order valence-corrected chi connectivity index (χ2v) is 10.2. The minimum Gasteiger partial charge on any atom is -0.352 e. The van der Waals surface area contributed by atoms with E-state index >= 15 is 0 Å². The first kappa shape index (κ1) is 28.2. The number of amides is 2. The maximum absolute atomic E-state index is 13.4. The van der Waals surface area contributed by atoms with E-state index in [9.17, 15) is 31.2 Å². The zero-order valence-electron chi connectivity index (χ0n) is 20.0. The quantitative estimate of drug-likeness (QED) is 0.524. The molecule has 7 nitrogen and oxygen atoms in total. The number of carbonyl (C=O) groups is 2. The Bertz CT molecular complexity index is 1120. The number of sulfonamides is 1. The molecule has 0 unspecified atom stereocenters. The van der Waals surface area contributed by atoms with Gasteiger partial charge in [-0.2, -0.15) is 13.2 Å². The molecule has 2 atom stereocenters. The van der Waals surface area contributed by atoms with Gasteiger partial charge in [0.15, 0.2) is 0 Å². The summed E-state index contributed by atoms with van der Waals surface area (Å²) in [5, 5.41) is 2.80. The molecule has 0 aliphatic rings. The van der Waals surface area contributed by atoms with Crippen LogP contribution >= 0.6 is 0 Å². The third-order valence-corrected chi connectivity index (χ3v) is 6.65. The molecule has 0 spiro atoms. The monoisotopic (exact) mass is 513 g/mol. The van der Waals surface area contributed by atoms with Crippen molar-refractivity contribution in [2.75, 3.05) is 17.1 Å². The molecule has 11 heteroatoms. The van der Waals surface area contributed by atoms with Crippen molar-refractivity contribution in [2.24, 2.45) is 0 Å². The minimum absolute atomic E-state index is 0.00889. The van der Waals surface area contributed by atoms with Crippen LogP contribution in [0.3, 0.4) is 0 Å². The van der Waals surface area contributed by atoms with Gasteiger partial charge in [0.2, 0.25) is 21.8 Å².